The Labute approximate surface area is 79.4 Å². The Hall–Kier alpha value is -1.41. The van der Waals surface area contributed by atoms with Gasteiger partial charge in [-0.15, -0.1) is 0 Å². The first-order valence-corrected chi connectivity index (χ1v) is 4.83. The number of allylic oxidation sites excluding steroid dienone is 1. The lowest BCUT2D eigenvalue weighted by Gasteiger charge is -2.03. The Morgan fingerprint density at radius 1 is 1.14 bits per heavy atom. The van der Waals surface area contributed by atoms with Gasteiger partial charge in [0.25, 0.3) is 10.1 Å². The quantitative estimate of drug-likeness (QED) is 0.259. The molecule has 0 bridgehead atoms. The van der Waals surface area contributed by atoms with Gasteiger partial charge in [0.15, 0.2) is 5.57 Å². The van der Waals surface area contributed by atoms with Crippen LogP contribution in [0.2, 0.25) is 0 Å². The van der Waals surface area contributed by atoms with Crippen LogP contribution in [0.1, 0.15) is 13.3 Å². The third-order valence-corrected chi connectivity index (χ3v) is 2.45. The van der Waals surface area contributed by atoms with Crippen LogP contribution in [0.5, 0.6) is 0 Å². The van der Waals surface area contributed by atoms with E-state index >= 15 is 0 Å². The first kappa shape index (κ1) is 12.6. The average Bonchev–Trinajstić information content (AvgIpc) is 1.95. The maximum Gasteiger partial charge on any atom is 0.344 e. The fraction of sp³-hybridized carbons (Fsp3) is 0.333. The zero-order chi connectivity index (χ0) is 11.5. The minimum absolute atomic E-state index is 0.410. The summed E-state index contributed by atoms with van der Waals surface area (Å²) in [5.41, 5.74) is -1.34. The number of carbonyl (C=O) groups is 2. The van der Waals surface area contributed by atoms with Crippen molar-refractivity contribution in [2.24, 2.45) is 0 Å². The van der Waals surface area contributed by atoms with E-state index in [0.717, 1.165) is 0 Å². The van der Waals surface area contributed by atoms with Gasteiger partial charge in [-0.2, -0.15) is 8.42 Å². The van der Waals surface area contributed by atoms with Crippen LogP contribution >= 0.6 is 0 Å². The first-order chi connectivity index (χ1) is 6.21. The third-order valence-electron chi connectivity index (χ3n) is 1.34. The van der Waals surface area contributed by atoms with Gasteiger partial charge in [-0.1, -0.05) is 6.92 Å². The molecule has 0 saturated carbocycles. The Balaban J connectivity index is 5.82. The Morgan fingerprint density at radius 3 is 1.57 bits per heavy atom. The molecule has 0 amide bonds. The van der Waals surface area contributed by atoms with Gasteiger partial charge in [-0.05, 0) is 6.42 Å². The molecule has 0 unspecified atom stereocenters. The van der Waals surface area contributed by atoms with E-state index in [1.807, 2.05) is 0 Å². The largest absolute Gasteiger partial charge is 0.477 e. The smallest absolute Gasteiger partial charge is 0.344 e. The van der Waals surface area contributed by atoms with Crippen molar-refractivity contribution in [1.82, 2.24) is 0 Å². The van der Waals surface area contributed by atoms with Crippen LogP contribution in [0.25, 0.3) is 0 Å². The molecular formula is C6H8O7S. The van der Waals surface area contributed by atoms with Crippen LogP contribution in [0, 0.1) is 0 Å². The van der Waals surface area contributed by atoms with Crippen molar-refractivity contribution >= 4 is 22.1 Å². The van der Waals surface area contributed by atoms with Crippen molar-refractivity contribution in [3.63, 3.8) is 0 Å². The lowest BCUT2D eigenvalue weighted by Crippen LogP contribution is -2.18. The molecule has 0 spiro atoms. The first-order valence-electron chi connectivity index (χ1n) is 3.39. The highest BCUT2D eigenvalue weighted by Crippen LogP contribution is 2.15. The Kier molecular flexibility index (Phi) is 3.78. The van der Waals surface area contributed by atoms with Crippen LogP contribution in [0.3, 0.4) is 0 Å². The minimum atomic E-state index is -4.79. The molecule has 0 aliphatic rings. The summed E-state index contributed by atoms with van der Waals surface area (Å²) >= 11 is 0. The molecule has 0 aromatic rings. The van der Waals surface area contributed by atoms with E-state index in [-0.39, 0.29) is 0 Å². The van der Waals surface area contributed by atoms with Crippen molar-refractivity contribution in [2.45, 2.75) is 13.3 Å². The van der Waals surface area contributed by atoms with Crippen molar-refractivity contribution < 1.29 is 32.8 Å². The molecule has 7 nitrogen and oxygen atoms in total. The average molecular weight is 224 g/mol. The van der Waals surface area contributed by atoms with Crippen LogP contribution in [-0.4, -0.2) is 35.1 Å². The zero-order valence-electron chi connectivity index (χ0n) is 7.09. The molecule has 0 fully saturated rings. The lowest BCUT2D eigenvalue weighted by atomic mass is 10.2. The number of hydrogen-bond acceptors (Lipinski definition) is 4. The van der Waals surface area contributed by atoms with E-state index in [4.69, 9.17) is 14.8 Å². The van der Waals surface area contributed by atoms with Crippen molar-refractivity contribution in [3.8, 4) is 0 Å². The zero-order valence-corrected chi connectivity index (χ0v) is 7.91. The molecule has 0 aliphatic heterocycles. The van der Waals surface area contributed by atoms with Gasteiger partial charge in [0.1, 0.15) is 0 Å². The molecule has 0 aromatic carbocycles. The molecule has 0 aliphatic carbocycles. The highest BCUT2D eigenvalue weighted by Gasteiger charge is 2.27. The molecule has 14 heavy (non-hydrogen) atoms. The van der Waals surface area contributed by atoms with Crippen molar-refractivity contribution in [3.05, 3.63) is 10.5 Å². The fourth-order valence-corrected chi connectivity index (χ4v) is 1.62. The van der Waals surface area contributed by atoms with Crippen LogP contribution < -0.4 is 0 Å². The Morgan fingerprint density at radius 2 is 1.50 bits per heavy atom. The standard InChI is InChI=1S/C6H8O7S/c1-2-3(14(11,12)13)4(5(7)8)6(9)10/h2H2,1H3,(H,7,8)(H,9,10)(H,11,12,13). The molecular weight excluding hydrogens is 216 g/mol. The highest BCUT2D eigenvalue weighted by molar-refractivity contribution is 7.89. The second kappa shape index (κ2) is 4.20. The number of carboxylic acid groups (broad SMARTS) is 2. The van der Waals surface area contributed by atoms with Crippen LogP contribution in [-0.2, 0) is 19.7 Å². The van der Waals surface area contributed by atoms with E-state index in [1.54, 1.807) is 0 Å². The van der Waals surface area contributed by atoms with Gasteiger partial charge in [0.2, 0.25) is 0 Å². The van der Waals surface area contributed by atoms with E-state index < -0.39 is 39.0 Å². The van der Waals surface area contributed by atoms with Gasteiger partial charge in [-0.25, -0.2) is 9.59 Å². The summed E-state index contributed by atoms with van der Waals surface area (Å²) in [5.74, 6) is -3.82. The molecule has 0 radical (unpaired) electrons. The van der Waals surface area contributed by atoms with Gasteiger partial charge in [0.05, 0.1) is 4.91 Å². The van der Waals surface area contributed by atoms with Crippen molar-refractivity contribution in [1.29, 1.82) is 0 Å². The topological polar surface area (TPSA) is 129 Å². The van der Waals surface area contributed by atoms with Gasteiger partial charge >= 0.3 is 11.9 Å². The van der Waals surface area contributed by atoms with E-state index in [1.165, 1.54) is 6.92 Å². The third kappa shape index (κ3) is 2.82. The molecule has 0 saturated heterocycles. The predicted octanol–water partition coefficient (Wildman–Crippen LogP) is -0.292. The normalized spacial score (nSPS) is 10.7. The molecule has 0 atom stereocenters. The second-order valence-corrected chi connectivity index (χ2v) is 3.68. The number of aliphatic carboxylic acids is 2. The second-order valence-electron chi connectivity index (χ2n) is 2.24. The van der Waals surface area contributed by atoms with Crippen LogP contribution in [0.15, 0.2) is 10.5 Å². The molecule has 0 aromatic heterocycles. The summed E-state index contributed by atoms with van der Waals surface area (Å²) in [4.78, 5) is 19.7. The van der Waals surface area contributed by atoms with E-state index in [0.29, 0.717) is 0 Å². The van der Waals surface area contributed by atoms with Gasteiger partial charge in [0, 0.05) is 0 Å². The van der Waals surface area contributed by atoms with Crippen LogP contribution in [0.4, 0.5) is 0 Å². The number of hydrogen-bond donors (Lipinski definition) is 3. The summed E-state index contributed by atoms with van der Waals surface area (Å²) in [6.45, 7) is 1.22. The molecule has 0 rings (SSSR count). The summed E-state index contributed by atoms with van der Waals surface area (Å²) in [6.07, 6.45) is -0.410. The van der Waals surface area contributed by atoms with Gasteiger partial charge in [-0.3, -0.25) is 4.55 Å². The minimum Gasteiger partial charge on any atom is -0.477 e. The predicted molar refractivity (Wildman–Crippen MR) is 44.1 cm³/mol. The maximum atomic E-state index is 10.6. The summed E-state index contributed by atoms with van der Waals surface area (Å²) < 4.78 is 29.7. The summed E-state index contributed by atoms with van der Waals surface area (Å²) in [5, 5.41) is 16.8. The summed E-state index contributed by atoms with van der Waals surface area (Å²) in [6, 6.07) is 0. The Bertz CT molecular complexity index is 372. The molecule has 80 valence electrons. The molecule has 3 N–H and O–H groups in total. The van der Waals surface area contributed by atoms with Gasteiger partial charge < -0.3 is 10.2 Å². The number of carboxylic acids is 2. The lowest BCUT2D eigenvalue weighted by molar-refractivity contribution is -0.140. The highest BCUT2D eigenvalue weighted by atomic mass is 32.2. The molecule has 8 heteroatoms. The SMILES string of the molecule is CCC(=C(C(=O)O)C(=O)O)S(=O)(=O)O. The maximum absolute atomic E-state index is 10.6. The van der Waals surface area contributed by atoms with E-state index in [2.05, 4.69) is 0 Å². The number of rotatable bonds is 4. The summed E-state index contributed by atoms with van der Waals surface area (Å²) in [7, 11) is -4.79. The fourth-order valence-electron chi connectivity index (χ4n) is 0.818. The monoisotopic (exact) mass is 224 g/mol. The van der Waals surface area contributed by atoms with E-state index in [9.17, 15) is 18.0 Å². The molecule has 0 heterocycles. The van der Waals surface area contributed by atoms with Crippen molar-refractivity contribution in [2.75, 3.05) is 0 Å².